The number of para-hydroxylation sites is 1. The Labute approximate surface area is 151 Å². The number of piperidine rings is 1. The van der Waals surface area contributed by atoms with Gasteiger partial charge in [-0.15, -0.1) is 5.10 Å². The number of likely N-dealkylation sites (tertiary alicyclic amines) is 1. The van der Waals surface area contributed by atoms with Crippen LogP contribution < -0.4 is 4.74 Å². The Bertz CT molecular complexity index is 864. The van der Waals surface area contributed by atoms with Gasteiger partial charge in [0, 0.05) is 48.7 Å². The van der Waals surface area contributed by atoms with E-state index in [0.29, 0.717) is 18.0 Å². The highest BCUT2D eigenvalue weighted by molar-refractivity contribution is 5.94. The number of rotatable bonds is 4. The fourth-order valence-corrected chi connectivity index (χ4v) is 3.28. The lowest BCUT2D eigenvalue weighted by Crippen LogP contribution is -2.39. The van der Waals surface area contributed by atoms with Crippen molar-refractivity contribution < 1.29 is 9.53 Å². The summed E-state index contributed by atoms with van der Waals surface area (Å²) < 4.78 is 5.76. The Morgan fingerprint density at radius 1 is 1.15 bits per heavy atom. The van der Waals surface area contributed by atoms with Crippen LogP contribution in [0.4, 0.5) is 0 Å². The summed E-state index contributed by atoms with van der Waals surface area (Å²) in [5.41, 5.74) is 1.68. The van der Waals surface area contributed by atoms with Crippen LogP contribution in [-0.4, -0.2) is 39.1 Å². The van der Waals surface area contributed by atoms with E-state index in [4.69, 9.17) is 4.74 Å². The monoisotopic (exact) mass is 348 g/mol. The minimum absolute atomic E-state index is 0.0531. The minimum atomic E-state index is 0.0531. The number of aromatic nitrogens is 3. The summed E-state index contributed by atoms with van der Waals surface area (Å²) in [7, 11) is 0. The van der Waals surface area contributed by atoms with Gasteiger partial charge in [-0.05, 0) is 37.1 Å². The summed E-state index contributed by atoms with van der Waals surface area (Å²) >= 11 is 0. The standard InChI is InChI=1S/C20H20N4O2/c25-20(15-8-10-21-11-9-15)24-12-4-5-16(14-24)18-13-19(23-22-18)26-17-6-2-1-3-7-17/h1-3,6-11,13,16H,4-5,12,14H2,(H,22,23)/t16-/m0/s1. The molecule has 3 aromatic rings. The van der Waals surface area contributed by atoms with Crippen molar-refractivity contribution in [1.29, 1.82) is 0 Å². The average Bonchev–Trinajstić information content (AvgIpc) is 3.17. The topological polar surface area (TPSA) is 71.1 Å². The zero-order chi connectivity index (χ0) is 17.8. The molecule has 3 heterocycles. The van der Waals surface area contributed by atoms with Crippen LogP contribution in [0.3, 0.4) is 0 Å². The molecule has 132 valence electrons. The van der Waals surface area contributed by atoms with Crippen molar-refractivity contribution in [2.45, 2.75) is 18.8 Å². The fraction of sp³-hybridized carbons (Fsp3) is 0.250. The Morgan fingerprint density at radius 2 is 1.96 bits per heavy atom. The van der Waals surface area contributed by atoms with Crippen LogP contribution in [0.5, 0.6) is 11.6 Å². The Kier molecular flexibility index (Phi) is 4.64. The van der Waals surface area contributed by atoms with Gasteiger partial charge in [0.25, 0.3) is 5.91 Å². The first-order chi connectivity index (χ1) is 12.8. The normalized spacial score (nSPS) is 17.1. The third-order valence-electron chi connectivity index (χ3n) is 4.62. The first-order valence-corrected chi connectivity index (χ1v) is 8.77. The molecule has 1 aliphatic rings. The smallest absolute Gasteiger partial charge is 0.253 e. The molecular weight excluding hydrogens is 328 g/mol. The van der Waals surface area contributed by atoms with Crippen molar-refractivity contribution in [3.8, 4) is 11.6 Å². The molecule has 0 bridgehead atoms. The van der Waals surface area contributed by atoms with Crippen LogP contribution >= 0.6 is 0 Å². The number of H-pyrrole nitrogens is 1. The summed E-state index contributed by atoms with van der Waals surface area (Å²) in [6.45, 7) is 1.45. The van der Waals surface area contributed by atoms with Crippen LogP contribution in [0.25, 0.3) is 0 Å². The number of pyridine rings is 1. The van der Waals surface area contributed by atoms with E-state index in [0.717, 1.165) is 30.8 Å². The van der Waals surface area contributed by atoms with Crippen molar-refractivity contribution in [3.05, 3.63) is 72.2 Å². The molecule has 26 heavy (non-hydrogen) atoms. The average molecular weight is 348 g/mol. The number of amides is 1. The second-order valence-electron chi connectivity index (χ2n) is 6.40. The second-order valence-corrected chi connectivity index (χ2v) is 6.40. The van der Waals surface area contributed by atoms with Gasteiger partial charge in [-0.3, -0.25) is 14.9 Å². The van der Waals surface area contributed by atoms with Crippen LogP contribution in [0.15, 0.2) is 60.9 Å². The van der Waals surface area contributed by atoms with Crippen molar-refractivity contribution in [1.82, 2.24) is 20.1 Å². The number of hydrogen-bond donors (Lipinski definition) is 1. The van der Waals surface area contributed by atoms with Gasteiger partial charge in [0.2, 0.25) is 5.88 Å². The molecule has 0 radical (unpaired) electrons. The number of carbonyl (C=O) groups excluding carboxylic acids is 1. The molecule has 0 aliphatic carbocycles. The summed E-state index contributed by atoms with van der Waals surface area (Å²) in [5.74, 6) is 1.58. The highest BCUT2D eigenvalue weighted by Gasteiger charge is 2.26. The number of hydrogen-bond acceptors (Lipinski definition) is 4. The predicted molar refractivity (Wildman–Crippen MR) is 97.2 cm³/mol. The van der Waals surface area contributed by atoms with E-state index in [9.17, 15) is 4.79 Å². The first-order valence-electron chi connectivity index (χ1n) is 8.77. The number of carbonyl (C=O) groups is 1. The molecule has 1 fully saturated rings. The van der Waals surface area contributed by atoms with E-state index >= 15 is 0 Å². The lowest BCUT2D eigenvalue weighted by atomic mass is 9.94. The number of aromatic amines is 1. The maximum absolute atomic E-state index is 12.7. The molecule has 1 amide bonds. The maximum atomic E-state index is 12.7. The minimum Gasteiger partial charge on any atom is -0.438 e. The van der Waals surface area contributed by atoms with Gasteiger partial charge >= 0.3 is 0 Å². The summed E-state index contributed by atoms with van der Waals surface area (Å²) in [4.78, 5) is 18.6. The van der Waals surface area contributed by atoms with E-state index in [1.807, 2.05) is 41.3 Å². The first kappa shape index (κ1) is 16.3. The van der Waals surface area contributed by atoms with Gasteiger partial charge in [-0.1, -0.05) is 18.2 Å². The van der Waals surface area contributed by atoms with E-state index in [2.05, 4.69) is 15.2 Å². The summed E-state index contributed by atoms with van der Waals surface area (Å²) in [5, 5.41) is 7.33. The molecule has 4 rings (SSSR count). The molecule has 1 atom stereocenters. The largest absolute Gasteiger partial charge is 0.438 e. The molecule has 6 nitrogen and oxygen atoms in total. The van der Waals surface area contributed by atoms with Gasteiger partial charge in [-0.25, -0.2) is 0 Å². The number of nitrogens with zero attached hydrogens (tertiary/aromatic N) is 3. The molecule has 1 N–H and O–H groups in total. The van der Waals surface area contributed by atoms with E-state index in [-0.39, 0.29) is 11.8 Å². The van der Waals surface area contributed by atoms with E-state index in [1.165, 1.54) is 0 Å². The molecule has 1 saturated heterocycles. The number of nitrogens with one attached hydrogen (secondary N) is 1. The lowest BCUT2D eigenvalue weighted by molar-refractivity contribution is 0.0705. The van der Waals surface area contributed by atoms with Crippen LogP contribution in [0.1, 0.15) is 34.8 Å². The van der Waals surface area contributed by atoms with Crippen LogP contribution in [0, 0.1) is 0 Å². The van der Waals surface area contributed by atoms with Gasteiger partial charge in [0.05, 0.1) is 0 Å². The number of benzene rings is 1. The van der Waals surface area contributed by atoms with Crippen molar-refractivity contribution in [2.24, 2.45) is 0 Å². The van der Waals surface area contributed by atoms with Crippen molar-refractivity contribution in [3.63, 3.8) is 0 Å². The Hall–Kier alpha value is -3.15. The van der Waals surface area contributed by atoms with E-state index < -0.39 is 0 Å². The second kappa shape index (κ2) is 7.39. The molecule has 0 unspecified atom stereocenters. The Morgan fingerprint density at radius 3 is 2.77 bits per heavy atom. The summed E-state index contributed by atoms with van der Waals surface area (Å²) in [6, 6.07) is 15.0. The molecule has 6 heteroatoms. The SMILES string of the molecule is O=C(c1ccncc1)N1CCC[C@H](c2cc(Oc3ccccc3)n[nH]2)C1. The zero-order valence-corrected chi connectivity index (χ0v) is 14.3. The third-order valence-corrected chi connectivity index (χ3v) is 4.62. The van der Waals surface area contributed by atoms with Gasteiger partial charge in [-0.2, -0.15) is 0 Å². The van der Waals surface area contributed by atoms with E-state index in [1.54, 1.807) is 24.5 Å². The van der Waals surface area contributed by atoms with Gasteiger partial charge < -0.3 is 9.64 Å². The molecular formula is C20H20N4O2. The molecule has 2 aromatic heterocycles. The van der Waals surface area contributed by atoms with Crippen LogP contribution in [0.2, 0.25) is 0 Å². The van der Waals surface area contributed by atoms with Gasteiger partial charge in [0.15, 0.2) is 0 Å². The highest BCUT2D eigenvalue weighted by Crippen LogP contribution is 2.29. The molecule has 0 spiro atoms. The zero-order valence-electron chi connectivity index (χ0n) is 14.3. The van der Waals surface area contributed by atoms with Gasteiger partial charge in [0.1, 0.15) is 5.75 Å². The fourth-order valence-electron chi connectivity index (χ4n) is 3.28. The van der Waals surface area contributed by atoms with Crippen LogP contribution in [-0.2, 0) is 0 Å². The summed E-state index contributed by atoms with van der Waals surface area (Å²) in [6.07, 6.45) is 5.29. The quantitative estimate of drug-likeness (QED) is 0.782. The number of ether oxygens (including phenoxy) is 1. The molecule has 1 aliphatic heterocycles. The third kappa shape index (κ3) is 3.59. The maximum Gasteiger partial charge on any atom is 0.253 e. The Balaban J connectivity index is 1.44. The predicted octanol–water partition coefficient (Wildman–Crippen LogP) is 3.62. The lowest BCUT2D eigenvalue weighted by Gasteiger charge is -2.32. The molecule has 1 aromatic carbocycles. The molecule has 0 saturated carbocycles. The van der Waals surface area contributed by atoms with Crippen molar-refractivity contribution >= 4 is 5.91 Å². The highest BCUT2D eigenvalue weighted by atomic mass is 16.5. The van der Waals surface area contributed by atoms with Crippen molar-refractivity contribution in [2.75, 3.05) is 13.1 Å².